The first kappa shape index (κ1) is 20.2. The molecular weight excluding hydrogens is 378 g/mol. The smallest absolute Gasteiger partial charge is 0.335 e. The van der Waals surface area contributed by atoms with Gasteiger partial charge in [-0.2, -0.15) is 0 Å². The average molecular weight is 404 g/mol. The van der Waals surface area contributed by atoms with Gasteiger partial charge in [-0.25, -0.2) is 18.2 Å². The fourth-order valence-electron chi connectivity index (χ4n) is 3.38. The molecule has 1 aliphatic heterocycles. The molecule has 1 fully saturated rings. The van der Waals surface area contributed by atoms with Gasteiger partial charge < -0.3 is 9.64 Å². The monoisotopic (exact) mass is 403 g/mol. The number of nitrogens with one attached hydrogen (secondary N) is 1. The third kappa shape index (κ3) is 5.02. The van der Waals surface area contributed by atoms with E-state index in [0.717, 1.165) is 30.4 Å². The van der Waals surface area contributed by atoms with E-state index < -0.39 is 10.0 Å². The number of methoxy groups -OCH3 is 1. The van der Waals surface area contributed by atoms with Gasteiger partial charge in [-0.15, -0.1) is 4.83 Å². The summed E-state index contributed by atoms with van der Waals surface area (Å²) in [7, 11) is -1.94. The highest BCUT2D eigenvalue weighted by molar-refractivity contribution is 7.88. The number of rotatable bonds is 8. The Hall–Kier alpha value is -2.58. The maximum atomic E-state index is 12.8. The molecule has 0 bridgehead atoms. The van der Waals surface area contributed by atoms with Gasteiger partial charge in [-0.3, -0.25) is 0 Å². The highest BCUT2D eigenvalue weighted by Gasteiger charge is 2.39. The van der Waals surface area contributed by atoms with Crippen LogP contribution >= 0.6 is 0 Å². The van der Waals surface area contributed by atoms with Crippen molar-refractivity contribution >= 4 is 16.1 Å². The molecule has 0 unspecified atom stereocenters. The predicted octanol–water partition coefficient (Wildman–Crippen LogP) is 2.57. The summed E-state index contributed by atoms with van der Waals surface area (Å²) in [6.45, 7) is 0.788. The van der Waals surface area contributed by atoms with Crippen LogP contribution in [0.2, 0.25) is 0 Å². The van der Waals surface area contributed by atoms with E-state index in [4.69, 9.17) is 4.74 Å². The molecule has 2 amide bonds. The molecule has 7 nitrogen and oxygen atoms in total. The van der Waals surface area contributed by atoms with Gasteiger partial charge in [0.15, 0.2) is 0 Å². The maximum absolute atomic E-state index is 12.8. The minimum absolute atomic E-state index is 0.233. The third-order valence-electron chi connectivity index (χ3n) is 4.69. The zero-order valence-corrected chi connectivity index (χ0v) is 16.9. The van der Waals surface area contributed by atoms with Crippen LogP contribution in [0.25, 0.3) is 0 Å². The topological polar surface area (TPSA) is 79.0 Å². The van der Waals surface area contributed by atoms with Crippen molar-refractivity contribution in [3.05, 3.63) is 65.7 Å². The third-order valence-corrected chi connectivity index (χ3v) is 5.24. The maximum Gasteiger partial charge on any atom is 0.335 e. The number of hydrazine groups is 1. The number of nitrogens with zero attached hydrogens (tertiary/aromatic N) is 2. The lowest BCUT2D eigenvalue weighted by Crippen LogP contribution is -2.44. The van der Waals surface area contributed by atoms with Gasteiger partial charge in [0.2, 0.25) is 10.0 Å². The molecule has 2 aromatic carbocycles. The Labute approximate surface area is 165 Å². The molecule has 1 heterocycles. The number of carbonyl (C=O) groups is 1. The van der Waals surface area contributed by atoms with Gasteiger partial charge in [0.25, 0.3) is 0 Å². The Bertz CT molecular complexity index is 901. The summed E-state index contributed by atoms with van der Waals surface area (Å²) in [6, 6.07) is 17.0. The molecule has 1 N–H and O–H groups in total. The van der Waals surface area contributed by atoms with Gasteiger partial charge in [0.05, 0.1) is 26.0 Å². The second kappa shape index (κ2) is 8.62. The molecule has 2 aromatic rings. The van der Waals surface area contributed by atoms with E-state index in [1.807, 2.05) is 42.5 Å². The van der Waals surface area contributed by atoms with Gasteiger partial charge in [0.1, 0.15) is 5.75 Å². The van der Waals surface area contributed by atoms with Crippen molar-refractivity contribution in [2.45, 2.75) is 18.9 Å². The lowest BCUT2D eigenvalue weighted by Gasteiger charge is -2.23. The first-order chi connectivity index (χ1) is 13.4. The second-order valence-electron chi connectivity index (χ2n) is 6.83. The fourth-order valence-corrected chi connectivity index (χ4v) is 3.93. The predicted molar refractivity (Wildman–Crippen MR) is 107 cm³/mol. The number of sulfonamides is 1. The van der Waals surface area contributed by atoms with Gasteiger partial charge in [0, 0.05) is 6.54 Å². The molecule has 3 rings (SSSR count). The Balaban J connectivity index is 1.76. The summed E-state index contributed by atoms with van der Waals surface area (Å²) in [4.78, 5) is 16.9. The van der Waals surface area contributed by atoms with Crippen LogP contribution in [-0.2, 0) is 16.4 Å². The van der Waals surface area contributed by atoms with Crippen LogP contribution in [-0.4, -0.2) is 50.8 Å². The van der Waals surface area contributed by atoms with Crippen molar-refractivity contribution in [2.75, 3.05) is 26.5 Å². The summed E-state index contributed by atoms with van der Waals surface area (Å²) < 4.78 is 28.4. The Morgan fingerprint density at radius 1 is 1.11 bits per heavy atom. The van der Waals surface area contributed by atoms with Crippen molar-refractivity contribution < 1.29 is 17.9 Å². The highest BCUT2D eigenvalue weighted by atomic mass is 32.2. The van der Waals surface area contributed by atoms with Crippen molar-refractivity contribution in [1.82, 2.24) is 14.7 Å². The van der Waals surface area contributed by atoms with Crippen molar-refractivity contribution in [1.29, 1.82) is 0 Å². The van der Waals surface area contributed by atoms with E-state index in [1.54, 1.807) is 12.0 Å². The molecule has 8 heteroatoms. The lowest BCUT2D eigenvalue weighted by atomic mass is 10.1. The van der Waals surface area contributed by atoms with Crippen LogP contribution < -0.4 is 9.57 Å². The molecule has 28 heavy (non-hydrogen) atoms. The lowest BCUT2D eigenvalue weighted by molar-refractivity contribution is 0.181. The zero-order valence-electron chi connectivity index (χ0n) is 16.0. The van der Waals surface area contributed by atoms with E-state index in [-0.39, 0.29) is 18.6 Å². The molecule has 1 aliphatic rings. The van der Waals surface area contributed by atoms with Crippen LogP contribution in [0.4, 0.5) is 4.79 Å². The SMILES string of the molecule is COc1ccc([C@H]2CN(NS(C)(=O)=O)C(=O)N2CCCc2ccccc2)cc1. The van der Waals surface area contributed by atoms with Crippen molar-refractivity contribution in [3.63, 3.8) is 0 Å². The van der Waals surface area contributed by atoms with Crippen LogP contribution in [0, 0.1) is 0 Å². The molecule has 150 valence electrons. The summed E-state index contributed by atoms with van der Waals surface area (Å²) >= 11 is 0. The first-order valence-electron chi connectivity index (χ1n) is 9.11. The molecule has 1 saturated heterocycles. The number of benzene rings is 2. The van der Waals surface area contributed by atoms with Gasteiger partial charge in [-0.05, 0) is 36.1 Å². The van der Waals surface area contributed by atoms with E-state index in [9.17, 15) is 13.2 Å². The Kier molecular flexibility index (Phi) is 6.21. The van der Waals surface area contributed by atoms with E-state index in [1.165, 1.54) is 10.6 Å². The van der Waals surface area contributed by atoms with Crippen LogP contribution in [0.1, 0.15) is 23.6 Å². The molecule has 0 aliphatic carbocycles. The van der Waals surface area contributed by atoms with Crippen LogP contribution in [0.5, 0.6) is 5.75 Å². The van der Waals surface area contributed by atoms with Crippen molar-refractivity contribution in [3.8, 4) is 5.75 Å². The average Bonchev–Trinajstić information content (AvgIpc) is 2.97. The van der Waals surface area contributed by atoms with Gasteiger partial charge >= 0.3 is 6.03 Å². The number of amides is 2. The molecule has 1 atom stereocenters. The standard InChI is InChI=1S/C20H25N3O4S/c1-27-18-12-10-17(11-13-18)19-15-23(21-28(2,25)26)20(24)22(19)14-6-9-16-7-4-3-5-8-16/h3-5,7-8,10-13,19,21H,6,9,14-15H2,1-2H3/t19-/m1/s1. The second-order valence-corrected chi connectivity index (χ2v) is 8.56. The van der Waals surface area contributed by atoms with E-state index >= 15 is 0 Å². The summed E-state index contributed by atoms with van der Waals surface area (Å²) in [5.74, 6) is 0.731. The minimum Gasteiger partial charge on any atom is -0.497 e. The molecule has 0 spiro atoms. The van der Waals surface area contributed by atoms with Crippen LogP contribution in [0.15, 0.2) is 54.6 Å². The fraction of sp³-hybridized carbons (Fsp3) is 0.350. The normalized spacial score (nSPS) is 17.2. The van der Waals surface area contributed by atoms with E-state index in [0.29, 0.717) is 6.54 Å². The van der Waals surface area contributed by atoms with Gasteiger partial charge in [-0.1, -0.05) is 42.5 Å². The number of ether oxygens (including phenoxy) is 1. The number of aryl methyl sites for hydroxylation is 1. The Morgan fingerprint density at radius 2 is 1.79 bits per heavy atom. The molecule has 0 radical (unpaired) electrons. The number of hydrogen-bond donors (Lipinski definition) is 1. The zero-order chi connectivity index (χ0) is 20.1. The highest BCUT2D eigenvalue weighted by Crippen LogP contribution is 2.30. The number of hydrogen-bond acceptors (Lipinski definition) is 4. The van der Waals surface area contributed by atoms with Crippen molar-refractivity contribution in [2.24, 2.45) is 0 Å². The molecular formula is C20H25N3O4S. The van der Waals surface area contributed by atoms with E-state index in [2.05, 4.69) is 17.0 Å². The largest absolute Gasteiger partial charge is 0.497 e. The quantitative estimate of drug-likeness (QED) is 0.735. The summed E-state index contributed by atoms with van der Waals surface area (Å²) in [6.07, 6.45) is 2.68. The molecule has 0 saturated carbocycles. The summed E-state index contributed by atoms with van der Waals surface area (Å²) in [5.41, 5.74) is 2.15. The summed E-state index contributed by atoms with van der Waals surface area (Å²) in [5, 5.41) is 1.17. The Morgan fingerprint density at radius 3 is 2.39 bits per heavy atom. The molecule has 0 aromatic heterocycles. The first-order valence-corrected chi connectivity index (χ1v) is 11.0. The number of urea groups is 1. The minimum atomic E-state index is -3.54. The number of carbonyl (C=O) groups excluding carboxylic acids is 1. The van der Waals surface area contributed by atoms with Crippen LogP contribution in [0.3, 0.4) is 0 Å².